The molecule has 0 aliphatic rings. The van der Waals surface area contributed by atoms with E-state index in [1.807, 2.05) is 24.3 Å². The molecule has 2 aromatic rings. The fourth-order valence-corrected chi connectivity index (χ4v) is 4.63. The third-order valence-electron chi connectivity index (χ3n) is 6.70. The first kappa shape index (κ1) is 32.7. The Kier molecular flexibility index (Phi) is 14.3. The van der Waals surface area contributed by atoms with Crippen LogP contribution in [0.2, 0.25) is 10.0 Å². The molecule has 3 nitrogen and oxygen atoms in total. The van der Waals surface area contributed by atoms with Crippen molar-refractivity contribution in [2.75, 3.05) is 13.2 Å². The molecule has 2 rings (SSSR count). The molecule has 0 aliphatic carbocycles. The van der Waals surface area contributed by atoms with Gasteiger partial charge in [-0.3, -0.25) is 0 Å². The minimum atomic E-state index is -4.05. The van der Waals surface area contributed by atoms with E-state index in [4.69, 9.17) is 33.7 Å². The molecule has 0 bridgehead atoms. The monoisotopic (exact) mass is 574 g/mol. The van der Waals surface area contributed by atoms with E-state index in [1.165, 1.54) is 0 Å². The van der Waals surface area contributed by atoms with E-state index in [-0.39, 0.29) is 13.0 Å². The molecule has 1 unspecified atom stereocenters. The van der Waals surface area contributed by atoms with Crippen LogP contribution in [0, 0.1) is 0 Å². The fraction of sp³-hybridized carbons (Fsp3) is 0.600. The number of aryl methyl sites for hydroxylation is 3. The van der Waals surface area contributed by atoms with Crippen LogP contribution in [0.25, 0.3) is 0 Å². The van der Waals surface area contributed by atoms with Gasteiger partial charge in [0.05, 0.1) is 16.7 Å². The quantitative estimate of drug-likeness (QED) is 0.182. The molecule has 0 heterocycles. The van der Waals surface area contributed by atoms with E-state index in [2.05, 4.69) is 6.07 Å². The SMILES string of the molecule is CC(N)(C[O-])CCc1ccc(OCCCc2ccc(Cl)c(Cl)c2)c(CCCCCCCCCC(F)(F)F)c1. The molecule has 0 radical (unpaired) electrons. The molecule has 2 N–H and O–H groups in total. The highest BCUT2D eigenvalue weighted by Gasteiger charge is 2.25. The fourth-order valence-electron chi connectivity index (χ4n) is 4.30. The lowest BCUT2D eigenvalue weighted by atomic mass is 9.93. The Morgan fingerprint density at radius 3 is 2.05 bits per heavy atom. The number of hydrogen-bond donors (Lipinski definition) is 1. The number of ether oxygens (including phenoxy) is 1. The second-order valence-electron chi connectivity index (χ2n) is 10.5. The van der Waals surface area contributed by atoms with Crippen molar-refractivity contribution in [3.8, 4) is 5.75 Å². The zero-order valence-corrected chi connectivity index (χ0v) is 23.9. The second kappa shape index (κ2) is 16.6. The number of halogens is 5. The van der Waals surface area contributed by atoms with Crippen molar-refractivity contribution in [2.24, 2.45) is 5.73 Å². The predicted octanol–water partition coefficient (Wildman–Crippen LogP) is 8.24. The molecular weight excluding hydrogens is 534 g/mol. The van der Waals surface area contributed by atoms with Gasteiger partial charge in [-0.1, -0.05) is 73.5 Å². The largest absolute Gasteiger partial charge is 0.853 e. The minimum Gasteiger partial charge on any atom is -0.853 e. The average molecular weight is 576 g/mol. The summed E-state index contributed by atoms with van der Waals surface area (Å²) in [5, 5.41) is 12.4. The Bertz CT molecular complexity index is 967. The van der Waals surface area contributed by atoms with Crippen LogP contribution in [-0.2, 0) is 19.3 Å². The van der Waals surface area contributed by atoms with E-state index >= 15 is 0 Å². The van der Waals surface area contributed by atoms with Gasteiger partial charge in [0.1, 0.15) is 5.75 Å². The van der Waals surface area contributed by atoms with Crippen molar-refractivity contribution >= 4 is 23.2 Å². The van der Waals surface area contributed by atoms with Gasteiger partial charge in [-0.05, 0) is 92.3 Å². The maximum absolute atomic E-state index is 12.2. The summed E-state index contributed by atoms with van der Waals surface area (Å²) in [4.78, 5) is 0. The van der Waals surface area contributed by atoms with Gasteiger partial charge in [0.15, 0.2) is 0 Å². The van der Waals surface area contributed by atoms with Crippen LogP contribution in [0.1, 0.15) is 87.8 Å². The summed E-state index contributed by atoms with van der Waals surface area (Å²) in [6.45, 7) is 2.05. The third-order valence-corrected chi connectivity index (χ3v) is 7.44. The first-order valence-corrected chi connectivity index (χ1v) is 14.4. The minimum absolute atomic E-state index is 0.218. The van der Waals surface area contributed by atoms with Crippen LogP contribution in [0.15, 0.2) is 36.4 Å². The van der Waals surface area contributed by atoms with Crippen LogP contribution < -0.4 is 15.6 Å². The molecule has 8 heteroatoms. The number of rotatable bonds is 18. The molecule has 0 amide bonds. The Hall–Kier alpha value is -1.47. The highest BCUT2D eigenvalue weighted by molar-refractivity contribution is 6.42. The van der Waals surface area contributed by atoms with E-state index in [1.54, 1.807) is 13.0 Å². The predicted molar refractivity (Wildman–Crippen MR) is 149 cm³/mol. The van der Waals surface area contributed by atoms with Crippen molar-refractivity contribution in [3.05, 3.63) is 63.1 Å². The van der Waals surface area contributed by atoms with Crippen molar-refractivity contribution in [3.63, 3.8) is 0 Å². The summed E-state index contributed by atoms with van der Waals surface area (Å²) in [5.74, 6) is 0.870. The van der Waals surface area contributed by atoms with Gasteiger partial charge in [-0.25, -0.2) is 0 Å². The lowest BCUT2D eigenvalue weighted by Crippen LogP contribution is -2.45. The van der Waals surface area contributed by atoms with E-state index in [0.29, 0.717) is 29.5 Å². The standard InChI is InChI=1S/C30H41Cl2F3NO2/c1-29(36,22-37)18-16-24-13-15-28(38-19-9-10-23-12-14-26(31)27(32)21-23)25(20-24)11-7-5-3-2-4-6-8-17-30(33,34)35/h12-15,20-21H,2-11,16-19,22,36H2,1H3/q-1. The molecule has 0 saturated carbocycles. The summed E-state index contributed by atoms with van der Waals surface area (Å²) < 4.78 is 42.9. The molecule has 2 aromatic carbocycles. The molecule has 0 spiro atoms. The summed E-state index contributed by atoms with van der Waals surface area (Å²) >= 11 is 12.1. The smallest absolute Gasteiger partial charge is 0.389 e. The van der Waals surface area contributed by atoms with Crippen molar-refractivity contribution in [1.29, 1.82) is 0 Å². The van der Waals surface area contributed by atoms with Crippen molar-refractivity contribution < 1.29 is 23.0 Å². The van der Waals surface area contributed by atoms with E-state index in [0.717, 1.165) is 80.2 Å². The van der Waals surface area contributed by atoms with Gasteiger partial charge in [-0.15, -0.1) is 6.61 Å². The van der Waals surface area contributed by atoms with Crippen LogP contribution >= 0.6 is 23.2 Å². The Morgan fingerprint density at radius 2 is 1.39 bits per heavy atom. The molecule has 1 atom stereocenters. The zero-order chi connectivity index (χ0) is 28.0. The number of unbranched alkanes of at least 4 members (excludes halogenated alkanes) is 6. The molecule has 214 valence electrons. The van der Waals surface area contributed by atoms with Gasteiger partial charge in [-0.2, -0.15) is 13.2 Å². The first-order valence-electron chi connectivity index (χ1n) is 13.6. The summed E-state index contributed by atoms with van der Waals surface area (Å²) in [7, 11) is 0. The first-order chi connectivity index (χ1) is 18.0. The van der Waals surface area contributed by atoms with Crippen LogP contribution in [0.3, 0.4) is 0 Å². The lowest BCUT2D eigenvalue weighted by Gasteiger charge is -2.28. The Morgan fingerprint density at radius 1 is 0.763 bits per heavy atom. The normalized spacial score (nSPS) is 13.5. The van der Waals surface area contributed by atoms with Crippen LogP contribution in [-0.4, -0.2) is 24.9 Å². The Balaban J connectivity index is 1.85. The molecule has 0 fully saturated rings. The zero-order valence-electron chi connectivity index (χ0n) is 22.4. The molecule has 0 aromatic heterocycles. The number of alkyl halides is 3. The van der Waals surface area contributed by atoms with Gasteiger partial charge >= 0.3 is 6.18 Å². The van der Waals surface area contributed by atoms with Crippen LogP contribution in [0.4, 0.5) is 13.2 Å². The molecular formula is C30H41Cl2F3NO2-. The highest BCUT2D eigenvalue weighted by Crippen LogP contribution is 2.27. The van der Waals surface area contributed by atoms with Crippen molar-refractivity contribution in [1.82, 2.24) is 0 Å². The van der Waals surface area contributed by atoms with E-state index in [9.17, 15) is 18.3 Å². The molecule has 0 aliphatic heterocycles. The second-order valence-corrected chi connectivity index (χ2v) is 11.3. The van der Waals surface area contributed by atoms with Crippen molar-refractivity contribution in [2.45, 2.75) is 102 Å². The summed E-state index contributed by atoms with van der Waals surface area (Å²) in [5.41, 5.74) is 8.72. The van der Waals surface area contributed by atoms with Gasteiger partial charge < -0.3 is 15.6 Å². The molecule has 0 saturated heterocycles. The van der Waals surface area contributed by atoms with Crippen LogP contribution in [0.5, 0.6) is 5.75 Å². The van der Waals surface area contributed by atoms with Gasteiger partial charge in [0.25, 0.3) is 0 Å². The Labute approximate surface area is 235 Å². The topological polar surface area (TPSA) is 58.3 Å². The summed E-state index contributed by atoms with van der Waals surface area (Å²) in [6, 6.07) is 11.9. The maximum Gasteiger partial charge on any atom is 0.389 e. The average Bonchev–Trinajstić information content (AvgIpc) is 2.86. The third kappa shape index (κ3) is 13.5. The number of benzene rings is 2. The summed E-state index contributed by atoms with van der Waals surface area (Å²) in [6.07, 6.45) is 4.83. The molecule has 38 heavy (non-hydrogen) atoms. The maximum atomic E-state index is 12.2. The van der Waals surface area contributed by atoms with E-state index < -0.39 is 18.1 Å². The highest BCUT2D eigenvalue weighted by atomic mass is 35.5. The lowest BCUT2D eigenvalue weighted by molar-refractivity contribution is -0.380. The number of nitrogens with two attached hydrogens (primary N) is 1. The van der Waals surface area contributed by atoms with Gasteiger partial charge in [0, 0.05) is 6.42 Å². The number of hydrogen-bond acceptors (Lipinski definition) is 3. The van der Waals surface area contributed by atoms with Gasteiger partial charge in [0.2, 0.25) is 0 Å².